The van der Waals surface area contributed by atoms with Crippen LogP contribution in [0.3, 0.4) is 0 Å². The van der Waals surface area contributed by atoms with Crippen molar-refractivity contribution in [3.8, 4) is 0 Å². The van der Waals surface area contributed by atoms with Gasteiger partial charge in [-0.25, -0.2) is 0 Å². The quantitative estimate of drug-likeness (QED) is 0.312. The van der Waals surface area contributed by atoms with E-state index < -0.39 is 31.0 Å². The van der Waals surface area contributed by atoms with Crippen LogP contribution >= 0.6 is 12.4 Å². The lowest BCUT2D eigenvalue weighted by Gasteiger charge is -2.23. The molecule has 0 aliphatic rings. The van der Waals surface area contributed by atoms with Crippen LogP contribution in [0.1, 0.15) is 0 Å². The van der Waals surface area contributed by atoms with E-state index in [1.807, 2.05) is 0 Å². The molecule has 80 valence electrons. The van der Waals surface area contributed by atoms with Crippen LogP contribution in [-0.2, 0) is 4.79 Å². The molecule has 0 fully saturated rings. The molecule has 0 aromatic heterocycles. The Morgan fingerprint density at radius 2 is 1.69 bits per heavy atom. The molecule has 4 atom stereocenters. The van der Waals surface area contributed by atoms with Crippen LogP contribution in [-0.4, -0.2) is 57.7 Å². The second-order valence-corrected chi connectivity index (χ2v) is 2.44. The van der Waals surface area contributed by atoms with E-state index in [0.29, 0.717) is 0 Å². The van der Waals surface area contributed by atoms with Gasteiger partial charge in [0, 0.05) is 0 Å². The summed E-state index contributed by atoms with van der Waals surface area (Å²) in [6.45, 7) is -0.705. The zero-order chi connectivity index (χ0) is 9.72. The highest BCUT2D eigenvalue weighted by atomic mass is 35.5. The standard InChI is InChI=1S/C6H13NO5.ClH/c7-3(1-8)5(11)6(12)4(10)2-9;/h1,3-6,9-12H,2,7H2;1H/t3-,4+,5+,6-;/m0./s1. The van der Waals surface area contributed by atoms with Crippen LogP contribution in [0.2, 0.25) is 0 Å². The van der Waals surface area contributed by atoms with Gasteiger partial charge in [-0.3, -0.25) is 0 Å². The van der Waals surface area contributed by atoms with Crippen molar-refractivity contribution in [3.05, 3.63) is 0 Å². The Kier molecular flexibility index (Phi) is 8.43. The number of aliphatic hydroxyl groups is 4. The van der Waals surface area contributed by atoms with E-state index >= 15 is 0 Å². The Morgan fingerprint density at radius 3 is 2.00 bits per heavy atom. The summed E-state index contributed by atoms with van der Waals surface area (Å²) in [4.78, 5) is 10.0. The summed E-state index contributed by atoms with van der Waals surface area (Å²) in [5.41, 5.74) is 5.04. The van der Waals surface area contributed by atoms with Crippen molar-refractivity contribution in [2.75, 3.05) is 6.61 Å². The monoisotopic (exact) mass is 215 g/mol. The molecule has 0 unspecified atom stereocenters. The maximum Gasteiger partial charge on any atom is 0.139 e. The fraction of sp³-hybridized carbons (Fsp3) is 0.833. The van der Waals surface area contributed by atoms with Gasteiger partial charge in [0.05, 0.1) is 12.6 Å². The molecule has 0 saturated heterocycles. The van der Waals surface area contributed by atoms with Crippen LogP contribution in [0.4, 0.5) is 0 Å². The topological polar surface area (TPSA) is 124 Å². The minimum absolute atomic E-state index is 0. The van der Waals surface area contributed by atoms with Crippen LogP contribution < -0.4 is 5.73 Å². The molecule has 0 heterocycles. The van der Waals surface area contributed by atoms with Crippen molar-refractivity contribution < 1.29 is 25.2 Å². The zero-order valence-electron chi connectivity index (χ0n) is 6.78. The Balaban J connectivity index is 0. The second-order valence-electron chi connectivity index (χ2n) is 2.44. The van der Waals surface area contributed by atoms with Crippen molar-refractivity contribution in [2.45, 2.75) is 24.4 Å². The number of rotatable bonds is 5. The predicted molar refractivity (Wildman–Crippen MR) is 46.4 cm³/mol. The average molecular weight is 216 g/mol. The van der Waals surface area contributed by atoms with E-state index in [1.165, 1.54) is 0 Å². The van der Waals surface area contributed by atoms with E-state index in [-0.39, 0.29) is 18.7 Å². The molecule has 0 rings (SSSR count). The molecule has 6 nitrogen and oxygen atoms in total. The first-order valence-electron chi connectivity index (χ1n) is 3.40. The van der Waals surface area contributed by atoms with E-state index in [4.69, 9.17) is 26.2 Å². The number of aldehydes is 1. The van der Waals surface area contributed by atoms with Gasteiger partial charge in [-0.15, -0.1) is 12.4 Å². The molecule has 7 heteroatoms. The molecule has 0 aromatic rings. The van der Waals surface area contributed by atoms with Gasteiger partial charge >= 0.3 is 0 Å². The Hall–Kier alpha value is -0.240. The maximum absolute atomic E-state index is 10.0. The fourth-order valence-corrected chi connectivity index (χ4v) is 0.644. The molecule has 0 aromatic carbocycles. The molecular weight excluding hydrogens is 202 g/mol. The summed E-state index contributed by atoms with van der Waals surface area (Å²) >= 11 is 0. The number of hydrogen-bond acceptors (Lipinski definition) is 6. The first-order valence-corrected chi connectivity index (χ1v) is 3.40. The SMILES string of the molecule is Cl.N[C@@H](C=O)[C@@H](O)[C@@H](O)[C@H](O)CO. The minimum Gasteiger partial charge on any atom is -0.394 e. The van der Waals surface area contributed by atoms with Crippen LogP contribution in [0.25, 0.3) is 0 Å². The molecule has 0 aliphatic carbocycles. The Bertz CT molecular complexity index is 147. The van der Waals surface area contributed by atoms with Gasteiger partial charge in [0.1, 0.15) is 24.6 Å². The van der Waals surface area contributed by atoms with Gasteiger partial charge in [-0.1, -0.05) is 0 Å². The minimum atomic E-state index is -1.62. The van der Waals surface area contributed by atoms with Crippen LogP contribution in [0, 0.1) is 0 Å². The number of aliphatic hydroxyl groups excluding tert-OH is 4. The van der Waals surface area contributed by atoms with Gasteiger partial charge in [-0.05, 0) is 0 Å². The molecule has 0 bridgehead atoms. The summed E-state index contributed by atoms with van der Waals surface area (Å²) < 4.78 is 0. The highest BCUT2D eigenvalue weighted by Crippen LogP contribution is 2.01. The van der Waals surface area contributed by atoms with Crippen LogP contribution in [0.15, 0.2) is 0 Å². The summed E-state index contributed by atoms with van der Waals surface area (Å²) in [5.74, 6) is 0. The van der Waals surface area contributed by atoms with Gasteiger partial charge in [0.25, 0.3) is 0 Å². The number of carbonyl (C=O) groups excluding carboxylic acids is 1. The van der Waals surface area contributed by atoms with E-state index in [1.54, 1.807) is 0 Å². The summed E-state index contributed by atoms with van der Waals surface area (Å²) in [5, 5.41) is 35.2. The highest BCUT2D eigenvalue weighted by molar-refractivity contribution is 5.85. The van der Waals surface area contributed by atoms with E-state index in [2.05, 4.69) is 0 Å². The number of carbonyl (C=O) groups is 1. The smallest absolute Gasteiger partial charge is 0.139 e. The van der Waals surface area contributed by atoms with Crippen molar-refractivity contribution in [2.24, 2.45) is 5.73 Å². The third kappa shape index (κ3) is 4.51. The van der Waals surface area contributed by atoms with Gasteiger partial charge in [0.2, 0.25) is 0 Å². The summed E-state index contributed by atoms with van der Waals surface area (Å²) in [7, 11) is 0. The molecule has 13 heavy (non-hydrogen) atoms. The molecule has 0 aliphatic heterocycles. The zero-order valence-corrected chi connectivity index (χ0v) is 7.59. The van der Waals surface area contributed by atoms with Gasteiger partial charge in [-0.2, -0.15) is 0 Å². The number of nitrogens with two attached hydrogens (primary N) is 1. The van der Waals surface area contributed by atoms with E-state index in [9.17, 15) is 4.79 Å². The normalized spacial score (nSPS) is 19.5. The van der Waals surface area contributed by atoms with Crippen LogP contribution in [0.5, 0.6) is 0 Å². The van der Waals surface area contributed by atoms with Gasteiger partial charge in [0.15, 0.2) is 0 Å². The second kappa shape index (κ2) is 7.19. The highest BCUT2D eigenvalue weighted by Gasteiger charge is 2.28. The molecule has 0 spiro atoms. The molecule has 0 radical (unpaired) electrons. The molecule has 6 N–H and O–H groups in total. The lowest BCUT2D eigenvalue weighted by molar-refractivity contribution is -0.118. The summed E-state index contributed by atoms with van der Waals surface area (Å²) in [6.07, 6.45) is -4.43. The maximum atomic E-state index is 10.0. The third-order valence-electron chi connectivity index (χ3n) is 1.48. The first kappa shape index (κ1) is 15.2. The number of halogens is 1. The average Bonchev–Trinajstić information content (AvgIpc) is 2.12. The summed E-state index contributed by atoms with van der Waals surface area (Å²) in [6, 6.07) is -1.26. The lowest BCUT2D eigenvalue weighted by atomic mass is 10.0. The Labute approximate surface area is 81.4 Å². The Morgan fingerprint density at radius 1 is 1.23 bits per heavy atom. The largest absolute Gasteiger partial charge is 0.394 e. The van der Waals surface area contributed by atoms with Crippen molar-refractivity contribution in [3.63, 3.8) is 0 Å². The fourth-order valence-electron chi connectivity index (χ4n) is 0.644. The van der Waals surface area contributed by atoms with Crippen molar-refractivity contribution in [1.29, 1.82) is 0 Å². The van der Waals surface area contributed by atoms with Gasteiger partial charge < -0.3 is 31.0 Å². The molecule has 0 saturated carbocycles. The van der Waals surface area contributed by atoms with E-state index in [0.717, 1.165) is 0 Å². The molecular formula is C6H14ClNO5. The number of hydrogen-bond donors (Lipinski definition) is 5. The molecule has 0 amide bonds. The lowest BCUT2D eigenvalue weighted by Crippen LogP contribution is -2.49. The van der Waals surface area contributed by atoms with Crippen molar-refractivity contribution in [1.82, 2.24) is 0 Å². The predicted octanol–water partition coefficient (Wildman–Crippen LogP) is -2.99. The third-order valence-corrected chi connectivity index (χ3v) is 1.48. The van der Waals surface area contributed by atoms with Crippen molar-refractivity contribution >= 4 is 18.7 Å². The first-order chi connectivity index (χ1) is 5.54.